The van der Waals surface area contributed by atoms with Crippen molar-refractivity contribution >= 4 is 11.7 Å². The average Bonchev–Trinajstić information content (AvgIpc) is 2.97. The van der Waals surface area contributed by atoms with Gasteiger partial charge in [0, 0.05) is 24.3 Å². The Labute approximate surface area is 233 Å². The summed E-state index contributed by atoms with van der Waals surface area (Å²) in [5.41, 5.74) is 2.75. The molecule has 0 bridgehead atoms. The van der Waals surface area contributed by atoms with Gasteiger partial charge >= 0.3 is 6.03 Å². The van der Waals surface area contributed by atoms with E-state index >= 15 is 0 Å². The predicted molar refractivity (Wildman–Crippen MR) is 158 cm³/mol. The molecule has 7 heteroatoms. The van der Waals surface area contributed by atoms with Gasteiger partial charge < -0.3 is 29.3 Å². The van der Waals surface area contributed by atoms with E-state index in [2.05, 4.69) is 31.0 Å². The molecule has 0 aliphatic carbocycles. The first-order valence-electron chi connectivity index (χ1n) is 13.7. The topological polar surface area (TPSA) is 63.3 Å². The third kappa shape index (κ3) is 9.21. The Kier molecular flexibility index (Phi) is 12.0. The summed E-state index contributed by atoms with van der Waals surface area (Å²) in [4.78, 5) is 17.9. The molecule has 1 atom stereocenters. The Bertz CT molecular complexity index is 1150. The zero-order valence-corrected chi connectivity index (χ0v) is 24.0. The molecule has 39 heavy (non-hydrogen) atoms. The number of hydrogen-bond donors (Lipinski definition) is 1. The number of ether oxygens (including phenoxy) is 3. The van der Waals surface area contributed by atoms with E-state index in [1.807, 2.05) is 77.7 Å². The molecule has 2 amide bonds. The Hall–Kier alpha value is -3.71. The van der Waals surface area contributed by atoms with Crippen LogP contribution >= 0.6 is 0 Å². The van der Waals surface area contributed by atoms with E-state index in [1.54, 1.807) is 14.2 Å². The summed E-state index contributed by atoms with van der Waals surface area (Å²) in [6.45, 7) is 10.5. The Morgan fingerprint density at radius 3 is 2.33 bits per heavy atom. The van der Waals surface area contributed by atoms with Gasteiger partial charge in [-0.15, -0.1) is 0 Å². The highest BCUT2D eigenvalue weighted by atomic mass is 16.5. The van der Waals surface area contributed by atoms with Crippen LogP contribution in [0.25, 0.3) is 0 Å². The summed E-state index contributed by atoms with van der Waals surface area (Å²) in [6.07, 6.45) is 1.92. The first-order valence-corrected chi connectivity index (χ1v) is 13.7. The van der Waals surface area contributed by atoms with Gasteiger partial charge in [0.1, 0.15) is 12.4 Å². The molecule has 0 aliphatic rings. The Balaban J connectivity index is 1.75. The molecule has 0 aromatic heterocycles. The second kappa shape index (κ2) is 15.6. The number of carbonyl (C=O) groups excluding carboxylic acids is 1. The van der Waals surface area contributed by atoms with Crippen LogP contribution in [0.1, 0.15) is 44.7 Å². The van der Waals surface area contributed by atoms with Crippen LogP contribution in [0.4, 0.5) is 10.5 Å². The molecule has 0 saturated heterocycles. The second-order valence-electron chi connectivity index (χ2n) is 9.57. The number of carbonyl (C=O) groups is 1. The van der Waals surface area contributed by atoms with Crippen LogP contribution in [0.5, 0.6) is 17.2 Å². The summed E-state index contributed by atoms with van der Waals surface area (Å²) in [5.74, 6) is 2.01. The summed E-state index contributed by atoms with van der Waals surface area (Å²) in [6, 6.07) is 23.2. The highest BCUT2D eigenvalue weighted by Gasteiger charge is 2.22. The van der Waals surface area contributed by atoms with E-state index < -0.39 is 0 Å². The van der Waals surface area contributed by atoms with Crippen molar-refractivity contribution in [1.82, 2.24) is 9.80 Å². The molecule has 3 rings (SSSR count). The van der Waals surface area contributed by atoms with E-state index in [4.69, 9.17) is 14.2 Å². The van der Waals surface area contributed by atoms with Gasteiger partial charge in [0.25, 0.3) is 0 Å². The fourth-order valence-corrected chi connectivity index (χ4v) is 4.49. The summed E-state index contributed by atoms with van der Waals surface area (Å²) >= 11 is 0. The van der Waals surface area contributed by atoms with Crippen LogP contribution in [0.2, 0.25) is 0 Å². The number of nitrogens with zero attached hydrogens (tertiary/aromatic N) is 2. The molecule has 0 fully saturated rings. The van der Waals surface area contributed by atoms with Crippen molar-refractivity contribution in [2.45, 2.75) is 52.8 Å². The lowest BCUT2D eigenvalue weighted by Crippen LogP contribution is -2.41. The SMILES string of the molecule is CCN(CC)CCCC(C)N(Cc1ccc(OCc2ccccc2)c(OC)c1)C(=O)Nc1cccc(OC)c1. The number of anilines is 1. The lowest BCUT2D eigenvalue weighted by Gasteiger charge is -2.30. The monoisotopic (exact) mass is 533 g/mol. The van der Waals surface area contributed by atoms with Crippen LogP contribution in [-0.2, 0) is 13.2 Å². The normalized spacial score (nSPS) is 11.6. The van der Waals surface area contributed by atoms with Gasteiger partial charge in [-0.25, -0.2) is 4.79 Å². The molecule has 0 spiro atoms. The Morgan fingerprint density at radius 2 is 1.64 bits per heavy atom. The molecule has 3 aromatic rings. The maximum Gasteiger partial charge on any atom is 0.322 e. The van der Waals surface area contributed by atoms with Crippen molar-refractivity contribution in [3.63, 3.8) is 0 Å². The number of methoxy groups -OCH3 is 2. The van der Waals surface area contributed by atoms with E-state index in [0.29, 0.717) is 36.1 Å². The van der Waals surface area contributed by atoms with Gasteiger partial charge in [0.2, 0.25) is 0 Å². The molecule has 3 aromatic carbocycles. The number of nitrogens with one attached hydrogen (secondary N) is 1. The van der Waals surface area contributed by atoms with Gasteiger partial charge in [0.15, 0.2) is 11.5 Å². The van der Waals surface area contributed by atoms with Gasteiger partial charge in [0.05, 0.1) is 14.2 Å². The molecule has 210 valence electrons. The first kappa shape index (κ1) is 29.8. The molecule has 0 aliphatic heterocycles. The summed E-state index contributed by atoms with van der Waals surface area (Å²) in [7, 11) is 3.25. The number of urea groups is 1. The predicted octanol–water partition coefficient (Wildman–Crippen LogP) is 6.83. The van der Waals surface area contributed by atoms with Gasteiger partial charge in [-0.05, 0) is 74.8 Å². The zero-order valence-electron chi connectivity index (χ0n) is 24.0. The minimum Gasteiger partial charge on any atom is -0.497 e. The van der Waals surface area contributed by atoms with Crippen molar-refractivity contribution in [1.29, 1.82) is 0 Å². The molecule has 7 nitrogen and oxygen atoms in total. The number of benzene rings is 3. The molecular weight excluding hydrogens is 490 g/mol. The summed E-state index contributed by atoms with van der Waals surface area (Å²) in [5, 5.41) is 3.06. The van der Waals surface area contributed by atoms with E-state index in [0.717, 1.165) is 43.6 Å². The van der Waals surface area contributed by atoms with Crippen LogP contribution in [0, 0.1) is 0 Å². The largest absolute Gasteiger partial charge is 0.497 e. The minimum absolute atomic E-state index is 0.0335. The van der Waals surface area contributed by atoms with Crippen molar-refractivity contribution in [2.75, 3.05) is 39.2 Å². The zero-order chi connectivity index (χ0) is 28.0. The first-order chi connectivity index (χ1) is 19.0. The number of rotatable bonds is 15. The fourth-order valence-electron chi connectivity index (χ4n) is 4.49. The van der Waals surface area contributed by atoms with E-state index in [1.165, 1.54) is 0 Å². The lowest BCUT2D eigenvalue weighted by molar-refractivity contribution is 0.180. The van der Waals surface area contributed by atoms with Crippen LogP contribution in [0.15, 0.2) is 72.8 Å². The lowest BCUT2D eigenvalue weighted by atomic mass is 10.1. The van der Waals surface area contributed by atoms with Crippen molar-refractivity contribution < 1.29 is 19.0 Å². The van der Waals surface area contributed by atoms with Crippen LogP contribution < -0.4 is 19.5 Å². The molecule has 1 N–H and O–H groups in total. The Morgan fingerprint density at radius 1 is 0.872 bits per heavy atom. The summed E-state index contributed by atoms with van der Waals surface area (Å²) < 4.78 is 17.0. The quantitative estimate of drug-likeness (QED) is 0.232. The van der Waals surface area contributed by atoms with Crippen molar-refractivity contribution in [3.8, 4) is 17.2 Å². The highest BCUT2D eigenvalue weighted by Crippen LogP contribution is 2.30. The third-order valence-electron chi connectivity index (χ3n) is 6.92. The highest BCUT2D eigenvalue weighted by molar-refractivity contribution is 5.89. The van der Waals surface area contributed by atoms with E-state index in [-0.39, 0.29) is 12.1 Å². The van der Waals surface area contributed by atoms with Crippen molar-refractivity contribution in [2.24, 2.45) is 0 Å². The molecule has 1 unspecified atom stereocenters. The van der Waals surface area contributed by atoms with Crippen LogP contribution in [0.3, 0.4) is 0 Å². The minimum atomic E-state index is -0.151. The second-order valence-corrected chi connectivity index (χ2v) is 9.57. The molecule has 0 saturated carbocycles. The maximum atomic E-state index is 13.6. The average molecular weight is 534 g/mol. The van der Waals surface area contributed by atoms with Gasteiger partial charge in [-0.3, -0.25) is 0 Å². The van der Waals surface area contributed by atoms with Gasteiger partial charge in [-0.1, -0.05) is 56.3 Å². The van der Waals surface area contributed by atoms with Crippen LogP contribution in [-0.4, -0.2) is 55.7 Å². The molecular formula is C32H43N3O4. The standard InChI is InChI=1S/C32H43N3O4/c1-6-34(7-2)20-12-13-25(3)35(32(36)33-28-16-11-17-29(22-28)37-4)23-27-18-19-30(31(21-27)38-5)39-24-26-14-9-8-10-15-26/h8-11,14-19,21-22,25H,6-7,12-13,20,23-24H2,1-5H3,(H,33,36). The maximum absolute atomic E-state index is 13.6. The smallest absolute Gasteiger partial charge is 0.322 e. The van der Waals surface area contributed by atoms with E-state index in [9.17, 15) is 4.79 Å². The van der Waals surface area contributed by atoms with Gasteiger partial charge in [-0.2, -0.15) is 0 Å². The third-order valence-corrected chi connectivity index (χ3v) is 6.92. The molecule has 0 heterocycles. The molecule has 0 radical (unpaired) electrons. The number of hydrogen-bond acceptors (Lipinski definition) is 5. The van der Waals surface area contributed by atoms with Crippen molar-refractivity contribution in [3.05, 3.63) is 83.9 Å². The number of amides is 2. The fraction of sp³-hybridized carbons (Fsp3) is 0.406.